The molecule has 0 aliphatic rings. The Morgan fingerprint density at radius 1 is 1.00 bits per heavy atom. The minimum absolute atomic E-state index is 0.0531. The minimum atomic E-state index is -0.755. The second kappa shape index (κ2) is 8.36. The number of ether oxygens (including phenoxy) is 1. The van der Waals surface area contributed by atoms with Crippen molar-refractivity contribution in [1.29, 1.82) is 0 Å². The highest BCUT2D eigenvalue weighted by Gasteiger charge is 2.18. The number of carbonyl (C=O) groups excluding carboxylic acids is 2. The van der Waals surface area contributed by atoms with Crippen molar-refractivity contribution in [3.05, 3.63) is 64.1 Å². The second-order valence-electron chi connectivity index (χ2n) is 6.96. The maximum Gasteiger partial charge on any atom is 0.279 e. The van der Waals surface area contributed by atoms with Crippen molar-refractivity contribution in [3.8, 4) is 5.75 Å². The van der Waals surface area contributed by atoms with Gasteiger partial charge < -0.3 is 4.74 Å². The standard InChI is InChI=1S/C20H23BrN2O3/c1-13(26-15-11-9-14(10-12-15)20(2,3)4)18(24)22-23-19(25)16-7-5-6-8-17(16)21/h5-13H,1-4H3,(H,22,24)(H,23,25)/t13-/m1/s1. The second-order valence-corrected chi connectivity index (χ2v) is 7.81. The third kappa shape index (κ3) is 5.33. The van der Waals surface area contributed by atoms with E-state index in [0.717, 1.165) is 0 Å². The lowest BCUT2D eigenvalue weighted by Gasteiger charge is -2.20. The summed E-state index contributed by atoms with van der Waals surface area (Å²) in [4.78, 5) is 24.2. The molecular formula is C20H23BrN2O3. The van der Waals surface area contributed by atoms with Gasteiger partial charge in [0, 0.05) is 4.47 Å². The van der Waals surface area contributed by atoms with Gasteiger partial charge in [0.1, 0.15) is 5.75 Å². The first-order valence-electron chi connectivity index (χ1n) is 8.30. The van der Waals surface area contributed by atoms with E-state index in [1.54, 1.807) is 31.2 Å². The van der Waals surface area contributed by atoms with E-state index in [9.17, 15) is 9.59 Å². The maximum absolute atomic E-state index is 12.1. The molecule has 0 radical (unpaired) electrons. The molecule has 0 unspecified atom stereocenters. The van der Waals surface area contributed by atoms with Gasteiger partial charge in [-0.25, -0.2) is 0 Å². The van der Waals surface area contributed by atoms with E-state index in [0.29, 0.717) is 15.8 Å². The van der Waals surface area contributed by atoms with Crippen molar-refractivity contribution >= 4 is 27.7 Å². The summed E-state index contributed by atoms with van der Waals surface area (Å²) in [5.41, 5.74) is 6.43. The molecule has 0 saturated heterocycles. The maximum atomic E-state index is 12.1. The van der Waals surface area contributed by atoms with E-state index < -0.39 is 17.9 Å². The Kier molecular flexibility index (Phi) is 6.42. The van der Waals surface area contributed by atoms with Crippen LogP contribution in [0.3, 0.4) is 0 Å². The van der Waals surface area contributed by atoms with Crippen LogP contribution >= 0.6 is 15.9 Å². The molecule has 5 nitrogen and oxygen atoms in total. The Hall–Kier alpha value is -2.34. The first-order valence-corrected chi connectivity index (χ1v) is 9.09. The predicted molar refractivity (Wildman–Crippen MR) is 105 cm³/mol. The Morgan fingerprint density at radius 3 is 2.19 bits per heavy atom. The van der Waals surface area contributed by atoms with Gasteiger partial charge in [-0.05, 0) is 58.1 Å². The van der Waals surface area contributed by atoms with Crippen LogP contribution in [0.15, 0.2) is 53.0 Å². The van der Waals surface area contributed by atoms with Crippen LogP contribution in [0.2, 0.25) is 0 Å². The molecule has 2 aromatic rings. The third-order valence-electron chi connectivity index (χ3n) is 3.82. The molecule has 2 N–H and O–H groups in total. The average Bonchev–Trinajstić information content (AvgIpc) is 2.59. The number of carbonyl (C=O) groups is 2. The number of hydrogen-bond donors (Lipinski definition) is 2. The quantitative estimate of drug-likeness (QED) is 0.737. The van der Waals surface area contributed by atoms with E-state index in [-0.39, 0.29) is 5.41 Å². The molecule has 26 heavy (non-hydrogen) atoms. The van der Waals surface area contributed by atoms with Crippen LogP contribution in [-0.2, 0) is 10.2 Å². The van der Waals surface area contributed by atoms with E-state index in [1.165, 1.54) is 5.56 Å². The molecule has 0 bridgehead atoms. The van der Waals surface area contributed by atoms with Crippen LogP contribution in [0.25, 0.3) is 0 Å². The van der Waals surface area contributed by atoms with E-state index in [1.807, 2.05) is 24.3 Å². The number of halogens is 1. The monoisotopic (exact) mass is 418 g/mol. The highest BCUT2D eigenvalue weighted by atomic mass is 79.9. The Bertz CT molecular complexity index is 782. The lowest BCUT2D eigenvalue weighted by molar-refractivity contribution is -0.128. The summed E-state index contributed by atoms with van der Waals surface area (Å²) in [7, 11) is 0. The molecule has 2 rings (SSSR count). The minimum Gasteiger partial charge on any atom is -0.481 e. The van der Waals surface area contributed by atoms with Crippen LogP contribution in [0, 0.1) is 0 Å². The zero-order valence-corrected chi connectivity index (χ0v) is 16.9. The lowest BCUT2D eigenvalue weighted by atomic mass is 9.87. The fourth-order valence-electron chi connectivity index (χ4n) is 2.22. The number of benzene rings is 2. The topological polar surface area (TPSA) is 67.4 Å². The Balaban J connectivity index is 1.89. The summed E-state index contributed by atoms with van der Waals surface area (Å²) >= 11 is 3.30. The van der Waals surface area contributed by atoms with Gasteiger partial charge in [0.15, 0.2) is 6.10 Å². The van der Waals surface area contributed by atoms with Gasteiger partial charge in [0.2, 0.25) is 0 Å². The molecule has 0 fully saturated rings. The number of nitrogens with one attached hydrogen (secondary N) is 2. The number of amides is 2. The number of hydrogen-bond acceptors (Lipinski definition) is 3. The van der Waals surface area contributed by atoms with Crippen molar-refractivity contribution in [2.24, 2.45) is 0 Å². The van der Waals surface area contributed by atoms with Crippen LogP contribution in [0.4, 0.5) is 0 Å². The van der Waals surface area contributed by atoms with E-state index in [4.69, 9.17) is 4.74 Å². The highest BCUT2D eigenvalue weighted by molar-refractivity contribution is 9.10. The van der Waals surface area contributed by atoms with Crippen molar-refractivity contribution in [1.82, 2.24) is 10.9 Å². The molecule has 2 aromatic carbocycles. The van der Waals surface area contributed by atoms with Crippen LogP contribution < -0.4 is 15.6 Å². The summed E-state index contributed by atoms with van der Waals surface area (Å²) < 4.78 is 6.28. The number of rotatable bonds is 4. The van der Waals surface area contributed by atoms with Crippen molar-refractivity contribution < 1.29 is 14.3 Å². The molecule has 1 atom stereocenters. The normalized spacial score (nSPS) is 12.2. The predicted octanol–water partition coefficient (Wildman–Crippen LogP) is 3.98. The highest BCUT2D eigenvalue weighted by Crippen LogP contribution is 2.24. The Labute approximate surface area is 162 Å². The van der Waals surface area contributed by atoms with Gasteiger partial charge in [0.25, 0.3) is 11.8 Å². The van der Waals surface area contributed by atoms with Crippen LogP contribution in [0.5, 0.6) is 5.75 Å². The summed E-state index contributed by atoms with van der Waals surface area (Å²) in [6.45, 7) is 8.02. The fourth-order valence-corrected chi connectivity index (χ4v) is 2.69. The first kappa shape index (κ1) is 20.0. The smallest absolute Gasteiger partial charge is 0.279 e. The SMILES string of the molecule is C[C@@H](Oc1ccc(C(C)(C)C)cc1)C(=O)NNC(=O)c1ccccc1Br. The largest absolute Gasteiger partial charge is 0.481 e. The Morgan fingerprint density at radius 2 is 1.62 bits per heavy atom. The van der Waals surface area contributed by atoms with Crippen molar-refractivity contribution in [2.75, 3.05) is 0 Å². The van der Waals surface area contributed by atoms with Crippen molar-refractivity contribution in [2.45, 2.75) is 39.2 Å². The van der Waals surface area contributed by atoms with Gasteiger partial charge in [-0.2, -0.15) is 0 Å². The van der Waals surface area contributed by atoms with Gasteiger partial charge in [-0.15, -0.1) is 0 Å². The molecule has 0 spiro atoms. The molecule has 2 amide bonds. The van der Waals surface area contributed by atoms with Gasteiger partial charge >= 0.3 is 0 Å². The first-order chi connectivity index (χ1) is 12.2. The van der Waals surface area contributed by atoms with E-state index >= 15 is 0 Å². The van der Waals surface area contributed by atoms with Gasteiger partial charge in [-0.1, -0.05) is 45.0 Å². The third-order valence-corrected chi connectivity index (χ3v) is 4.51. The van der Waals surface area contributed by atoms with Crippen molar-refractivity contribution in [3.63, 3.8) is 0 Å². The van der Waals surface area contributed by atoms with Crippen LogP contribution in [-0.4, -0.2) is 17.9 Å². The van der Waals surface area contributed by atoms with Gasteiger partial charge in [0.05, 0.1) is 5.56 Å². The molecular weight excluding hydrogens is 396 g/mol. The van der Waals surface area contributed by atoms with Gasteiger partial charge in [-0.3, -0.25) is 20.4 Å². The lowest BCUT2D eigenvalue weighted by Crippen LogP contribution is -2.47. The summed E-state index contributed by atoms with van der Waals surface area (Å²) in [6, 6.07) is 14.6. The number of hydrazine groups is 1. The summed E-state index contributed by atoms with van der Waals surface area (Å²) in [5.74, 6) is -0.254. The summed E-state index contributed by atoms with van der Waals surface area (Å²) in [6.07, 6.45) is -0.755. The van der Waals surface area contributed by atoms with Crippen LogP contribution in [0.1, 0.15) is 43.6 Å². The summed E-state index contributed by atoms with van der Waals surface area (Å²) in [5, 5.41) is 0. The average molecular weight is 419 g/mol. The molecule has 0 heterocycles. The zero-order chi connectivity index (χ0) is 19.3. The van der Waals surface area contributed by atoms with E-state index in [2.05, 4.69) is 47.6 Å². The molecule has 0 saturated carbocycles. The zero-order valence-electron chi connectivity index (χ0n) is 15.3. The molecule has 6 heteroatoms. The molecule has 0 aromatic heterocycles. The molecule has 0 aliphatic carbocycles. The fraction of sp³-hybridized carbons (Fsp3) is 0.300. The molecule has 0 aliphatic heterocycles. The molecule has 138 valence electrons.